The fourth-order valence-electron chi connectivity index (χ4n) is 1.97. The minimum absolute atomic E-state index is 0.0139. The van der Waals surface area contributed by atoms with Crippen LogP contribution in [0.5, 0.6) is 5.75 Å². The van der Waals surface area contributed by atoms with Gasteiger partial charge in [-0.1, -0.05) is 13.8 Å². The van der Waals surface area contributed by atoms with Crippen LogP contribution in [0.3, 0.4) is 0 Å². The first-order chi connectivity index (χ1) is 9.85. The van der Waals surface area contributed by atoms with Gasteiger partial charge in [0.1, 0.15) is 0 Å². The van der Waals surface area contributed by atoms with Gasteiger partial charge in [-0.25, -0.2) is 4.39 Å². The van der Waals surface area contributed by atoms with Crippen LogP contribution in [0.25, 0.3) is 0 Å². The van der Waals surface area contributed by atoms with E-state index in [0.717, 1.165) is 6.07 Å². The maximum atomic E-state index is 13.5. The van der Waals surface area contributed by atoms with Gasteiger partial charge in [0, 0.05) is 12.1 Å². The molecule has 0 radical (unpaired) electrons. The number of carbonyl (C=O) groups excluding carboxylic acids is 1. The van der Waals surface area contributed by atoms with E-state index in [2.05, 4.69) is 5.32 Å². The van der Waals surface area contributed by atoms with Gasteiger partial charge in [-0.2, -0.15) is 0 Å². The normalized spacial score (nSPS) is 12.0. The van der Waals surface area contributed by atoms with Gasteiger partial charge in [0.25, 0.3) is 5.91 Å². The van der Waals surface area contributed by atoms with E-state index in [4.69, 9.17) is 9.84 Å². The second-order valence-corrected chi connectivity index (χ2v) is 5.22. The summed E-state index contributed by atoms with van der Waals surface area (Å²) in [7, 11) is 1.33. The Hall–Kier alpha value is -2.11. The largest absolute Gasteiger partial charge is 0.494 e. The molecule has 1 aromatic carbocycles. The Morgan fingerprint density at radius 1 is 1.38 bits per heavy atom. The lowest BCUT2D eigenvalue weighted by molar-refractivity contribution is -0.142. The molecule has 0 bridgehead atoms. The number of rotatable bonds is 7. The highest BCUT2D eigenvalue weighted by Crippen LogP contribution is 2.18. The molecule has 0 aromatic heterocycles. The Kier molecular flexibility index (Phi) is 6.14. The molecular formula is C15H20FNO4. The maximum absolute atomic E-state index is 13.5. The van der Waals surface area contributed by atoms with Crippen molar-refractivity contribution < 1.29 is 23.8 Å². The molecule has 0 spiro atoms. The first-order valence-corrected chi connectivity index (χ1v) is 6.69. The van der Waals surface area contributed by atoms with E-state index >= 15 is 0 Å². The predicted molar refractivity (Wildman–Crippen MR) is 75.9 cm³/mol. The van der Waals surface area contributed by atoms with Crippen LogP contribution in [-0.2, 0) is 4.79 Å². The van der Waals surface area contributed by atoms with E-state index in [0.29, 0.717) is 6.42 Å². The van der Waals surface area contributed by atoms with Crippen molar-refractivity contribution in [3.63, 3.8) is 0 Å². The van der Waals surface area contributed by atoms with Crippen molar-refractivity contribution in [1.82, 2.24) is 5.32 Å². The Balaban J connectivity index is 2.68. The number of carboxylic acid groups (broad SMARTS) is 1. The molecule has 116 valence electrons. The molecular weight excluding hydrogens is 277 g/mol. The zero-order chi connectivity index (χ0) is 16.0. The predicted octanol–water partition coefficient (Wildman–Crippen LogP) is 2.31. The van der Waals surface area contributed by atoms with Crippen molar-refractivity contribution in [2.45, 2.75) is 20.3 Å². The van der Waals surface area contributed by atoms with E-state index in [1.165, 1.54) is 19.2 Å². The van der Waals surface area contributed by atoms with Gasteiger partial charge < -0.3 is 15.2 Å². The third-order valence-corrected chi connectivity index (χ3v) is 3.03. The topological polar surface area (TPSA) is 75.6 Å². The number of halogens is 1. The smallest absolute Gasteiger partial charge is 0.308 e. The molecule has 0 aliphatic carbocycles. The average molecular weight is 297 g/mol. The summed E-state index contributed by atoms with van der Waals surface area (Å²) >= 11 is 0. The zero-order valence-electron chi connectivity index (χ0n) is 12.4. The lowest BCUT2D eigenvalue weighted by atomic mass is 9.97. The molecule has 0 aliphatic rings. The number of hydrogen-bond donors (Lipinski definition) is 2. The number of hydrogen-bond acceptors (Lipinski definition) is 3. The van der Waals surface area contributed by atoms with Crippen molar-refractivity contribution in [1.29, 1.82) is 0 Å². The van der Waals surface area contributed by atoms with Crippen LogP contribution in [0, 0.1) is 17.7 Å². The minimum Gasteiger partial charge on any atom is -0.494 e. The second-order valence-electron chi connectivity index (χ2n) is 5.22. The summed E-state index contributed by atoms with van der Waals surface area (Å²) in [5.74, 6) is -2.49. The quantitative estimate of drug-likeness (QED) is 0.810. The molecule has 1 atom stereocenters. The van der Waals surface area contributed by atoms with Gasteiger partial charge in [0.05, 0.1) is 13.0 Å². The fourth-order valence-corrected chi connectivity index (χ4v) is 1.97. The number of ether oxygens (including phenoxy) is 1. The molecule has 1 unspecified atom stereocenters. The number of benzene rings is 1. The van der Waals surface area contributed by atoms with Crippen LogP contribution in [-0.4, -0.2) is 30.6 Å². The number of nitrogens with one attached hydrogen (secondary N) is 1. The SMILES string of the molecule is COc1ccc(C(=O)NCC(CC(C)C)C(=O)O)cc1F. The molecule has 2 N–H and O–H groups in total. The third kappa shape index (κ3) is 5.06. The number of aliphatic carboxylic acids is 1. The highest BCUT2D eigenvalue weighted by molar-refractivity contribution is 5.94. The van der Waals surface area contributed by atoms with Crippen LogP contribution in [0.2, 0.25) is 0 Å². The monoisotopic (exact) mass is 297 g/mol. The Morgan fingerprint density at radius 2 is 2.05 bits per heavy atom. The molecule has 0 heterocycles. The number of carboxylic acids is 1. The molecule has 0 fully saturated rings. The summed E-state index contributed by atoms with van der Waals surface area (Å²) < 4.78 is 18.3. The van der Waals surface area contributed by atoms with Crippen LogP contribution >= 0.6 is 0 Å². The molecule has 5 nitrogen and oxygen atoms in total. The minimum atomic E-state index is -0.954. The maximum Gasteiger partial charge on any atom is 0.308 e. The van der Waals surface area contributed by atoms with Crippen molar-refractivity contribution in [3.8, 4) is 5.75 Å². The summed E-state index contributed by atoms with van der Waals surface area (Å²) in [6.07, 6.45) is 0.465. The first kappa shape index (κ1) is 16.9. The molecule has 0 aliphatic heterocycles. The summed E-state index contributed by atoms with van der Waals surface area (Å²) in [6.45, 7) is 3.84. The van der Waals surface area contributed by atoms with Crippen LogP contribution in [0.15, 0.2) is 18.2 Å². The van der Waals surface area contributed by atoms with Crippen molar-refractivity contribution in [3.05, 3.63) is 29.6 Å². The van der Waals surface area contributed by atoms with Crippen molar-refractivity contribution >= 4 is 11.9 Å². The van der Waals surface area contributed by atoms with E-state index < -0.39 is 23.6 Å². The van der Waals surface area contributed by atoms with E-state index in [-0.39, 0.29) is 23.8 Å². The highest BCUT2D eigenvalue weighted by atomic mass is 19.1. The van der Waals surface area contributed by atoms with E-state index in [1.807, 2.05) is 13.8 Å². The number of carbonyl (C=O) groups is 2. The standard InChI is InChI=1S/C15H20FNO4/c1-9(2)6-11(15(19)20)8-17-14(18)10-4-5-13(21-3)12(16)7-10/h4-5,7,9,11H,6,8H2,1-3H3,(H,17,18)(H,19,20). The molecule has 1 amide bonds. The molecule has 0 saturated carbocycles. The Bertz CT molecular complexity index is 516. The van der Waals surface area contributed by atoms with Gasteiger partial charge in [0.2, 0.25) is 0 Å². The van der Waals surface area contributed by atoms with Gasteiger partial charge in [-0.05, 0) is 30.5 Å². The first-order valence-electron chi connectivity index (χ1n) is 6.69. The zero-order valence-corrected chi connectivity index (χ0v) is 12.4. The molecule has 21 heavy (non-hydrogen) atoms. The van der Waals surface area contributed by atoms with E-state index in [1.54, 1.807) is 0 Å². The Morgan fingerprint density at radius 3 is 2.52 bits per heavy atom. The van der Waals surface area contributed by atoms with Crippen molar-refractivity contribution in [2.24, 2.45) is 11.8 Å². The fraction of sp³-hybridized carbons (Fsp3) is 0.467. The summed E-state index contributed by atoms with van der Waals surface area (Å²) in [5.41, 5.74) is 0.127. The lowest BCUT2D eigenvalue weighted by Gasteiger charge is -2.15. The average Bonchev–Trinajstić information content (AvgIpc) is 2.42. The lowest BCUT2D eigenvalue weighted by Crippen LogP contribution is -2.33. The van der Waals surface area contributed by atoms with Crippen molar-refractivity contribution in [2.75, 3.05) is 13.7 Å². The van der Waals surface area contributed by atoms with Crippen LogP contribution < -0.4 is 10.1 Å². The summed E-state index contributed by atoms with van der Waals surface area (Å²) in [4.78, 5) is 23.0. The summed E-state index contributed by atoms with van der Waals surface area (Å²) in [6, 6.07) is 3.84. The van der Waals surface area contributed by atoms with Crippen LogP contribution in [0.1, 0.15) is 30.6 Å². The number of methoxy groups -OCH3 is 1. The van der Waals surface area contributed by atoms with Gasteiger partial charge in [0.15, 0.2) is 11.6 Å². The number of amides is 1. The molecule has 1 aromatic rings. The van der Waals surface area contributed by atoms with E-state index in [9.17, 15) is 14.0 Å². The van der Waals surface area contributed by atoms with Gasteiger partial charge >= 0.3 is 5.97 Å². The van der Waals surface area contributed by atoms with Gasteiger partial charge in [-0.15, -0.1) is 0 Å². The highest BCUT2D eigenvalue weighted by Gasteiger charge is 2.20. The molecule has 0 saturated heterocycles. The second kappa shape index (κ2) is 7.61. The summed E-state index contributed by atoms with van der Waals surface area (Å²) in [5, 5.41) is 11.6. The molecule has 1 rings (SSSR count). The Labute approximate surface area is 123 Å². The third-order valence-electron chi connectivity index (χ3n) is 3.03. The van der Waals surface area contributed by atoms with Crippen LogP contribution in [0.4, 0.5) is 4.39 Å². The van der Waals surface area contributed by atoms with Gasteiger partial charge in [-0.3, -0.25) is 9.59 Å². The molecule has 6 heteroatoms.